The van der Waals surface area contributed by atoms with Gasteiger partial charge in [-0.2, -0.15) is 5.10 Å². The maximum absolute atomic E-state index is 12.0. The molecule has 0 radical (unpaired) electrons. The van der Waals surface area contributed by atoms with Gasteiger partial charge in [0.15, 0.2) is 0 Å². The summed E-state index contributed by atoms with van der Waals surface area (Å²) in [5.41, 5.74) is 0.315. The molecule has 2 rings (SSSR count). The third kappa shape index (κ3) is 2.71. The lowest BCUT2D eigenvalue weighted by Gasteiger charge is -2.05. The molecule has 7 nitrogen and oxygen atoms in total. The van der Waals surface area contributed by atoms with E-state index in [1.807, 2.05) is 0 Å². The third-order valence-corrected chi connectivity index (χ3v) is 2.70. The zero-order valence-corrected chi connectivity index (χ0v) is 10.6. The number of H-pyrrole nitrogens is 1. The van der Waals surface area contributed by atoms with E-state index in [4.69, 9.17) is 11.6 Å². The predicted octanol–water partition coefficient (Wildman–Crippen LogP) is 2.53. The molecule has 0 aliphatic rings. The second-order valence-corrected chi connectivity index (χ2v) is 4.24. The van der Waals surface area contributed by atoms with Crippen LogP contribution in [-0.4, -0.2) is 21.0 Å². The van der Waals surface area contributed by atoms with Gasteiger partial charge < -0.3 is 5.32 Å². The van der Waals surface area contributed by atoms with Crippen molar-refractivity contribution in [2.45, 2.75) is 6.92 Å². The number of carbonyl (C=O) groups excluding carboxylic acids is 1. The van der Waals surface area contributed by atoms with Crippen molar-refractivity contribution in [3.63, 3.8) is 0 Å². The molecule has 8 heteroatoms. The number of nitrogens with one attached hydrogen (secondary N) is 2. The molecule has 0 bridgehead atoms. The summed E-state index contributed by atoms with van der Waals surface area (Å²) in [5.74, 6) is -0.204. The summed E-state index contributed by atoms with van der Waals surface area (Å²) in [4.78, 5) is 22.2. The molecule has 0 atom stereocenters. The highest BCUT2D eigenvalue weighted by atomic mass is 35.5. The number of aromatic amines is 1. The van der Waals surface area contributed by atoms with Gasteiger partial charge >= 0.3 is 0 Å². The molecule has 0 aliphatic heterocycles. The van der Waals surface area contributed by atoms with Crippen LogP contribution in [0, 0.1) is 17.0 Å². The first-order valence-electron chi connectivity index (χ1n) is 5.24. The fraction of sp³-hybridized carbons (Fsp3) is 0.0909. The summed E-state index contributed by atoms with van der Waals surface area (Å²) in [6, 6.07) is 3.86. The average Bonchev–Trinajstić information content (AvgIpc) is 2.74. The first-order valence-corrected chi connectivity index (χ1v) is 5.62. The van der Waals surface area contributed by atoms with Crippen LogP contribution in [-0.2, 0) is 0 Å². The maximum Gasteiger partial charge on any atom is 0.283 e. The molecule has 1 aromatic carbocycles. The number of aryl methyl sites for hydroxylation is 1. The monoisotopic (exact) mass is 280 g/mol. The summed E-state index contributed by atoms with van der Waals surface area (Å²) in [5, 5.41) is 19.9. The van der Waals surface area contributed by atoms with Crippen LogP contribution < -0.4 is 5.32 Å². The number of anilines is 1. The molecule has 0 unspecified atom stereocenters. The Morgan fingerprint density at radius 3 is 2.84 bits per heavy atom. The second kappa shape index (κ2) is 5.07. The van der Waals surface area contributed by atoms with Crippen molar-refractivity contribution in [3.05, 3.63) is 50.7 Å². The van der Waals surface area contributed by atoms with Crippen molar-refractivity contribution >= 4 is 29.0 Å². The largest absolute Gasteiger partial charge is 0.307 e. The minimum Gasteiger partial charge on any atom is -0.307 e. The first-order chi connectivity index (χ1) is 8.99. The molecule has 0 saturated carbocycles. The zero-order valence-electron chi connectivity index (χ0n) is 9.81. The number of nitrogens with zero attached hydrogens (tertiary/aromatic N) is 2. The molecule has 2 aromatic rings. The maximum atomic E-state index is 12.0. The van der Waals surface area contributed by atoms with E-state index in [-0.39, 0.29) is 16.3 Å². The smallest absolute Gasteiger partial charge is 0.283 e. The molecule has 19 heavy (non-hydrogen) atoms. The molecule has 2 N–H and O–H groups in total. The zero-order chi connectivity index (χ0) is 14.0. The van der Waals surface area contributed by atoms with Crippen LogP contribution in [0.2, 0.25) is 5.02 Å². The minimum atomic E-state index is -0.652. The van der Waals surface area contributed by atoms with Crippen LogP contribution in [0.5, 0.6) is 0 Å². The molecule has 0 spiro atoms. The SMILES string of the molecule is Cc1cn[nH]c1NC(=O)c1ccc(Cl)cc1[N+](=O)[O-]. The van der Waals surface area contributed by atoms with Crippen molar-refractivity contribution in [3.8, 4) is 0 Å². The molecule has 98 valence electrons. The molecule has 1 heterocycles. The van der Waals surface area contributed by atoms with Crippen LogP contribution >= 0.6 is 11.6 Å². The van der Waals surface area contributed by atoms with Crippen LogP contribution in [0.3, 0.4) is 0 Å². The number of rotatable bonds is 3. The van der Waals surface area contributed by atoms with Crippen molar-refractivity contribution in [1.29, 1.82) is 0 Å². The number of aromatic nitrogens is 2. The van der Waals surface area contributed by atoms with Crippen LogP contribution in [0.15, 0.2) is 24.4 Å². The lowest BCUT2D eigenvalue weighted by Crippen LogP contribution is -2.14. The summed E-state index contributed by atoms with van der Waals surface area (Å²) < 4.78 is 0. The van der Waals surface area contributed by atoms with Gasteiger partial charge in [-0.25, -0.2) is 0 Å². The Hall–Kier alpha value is -2.41. The van der Waals surface area contributed by atoms with Crippen LogP contribution in [0.1, 0.15) is 15.9 Å². The van der Waals surface area contributed by atoms with Gasteiger partial charge in [0.25, 0.3) is 11.6 Å². The highest BCUT2D eigenvalue weighted by molar-refractivity contribution is 6.31. The van der Waals surface area contributed by atoms with Crippen molar-refractivity contribution in [2.24, 2.45) is 0 Å². The molecule has 0 saturated heterocycles. The second-order valence-electron chi connectivity index (χ2n) is 3.80. The van der Waals surface area contributed by atoms with E-state index >= 15 is 0 Å². The Balaban J connectivity index is 2.34. The number of hydrogen-bond acceptors (Lipinski definition) is 4. The summed E-state index contributed by atoms with van der Waals surface area (Å²) >= 11 is 5.68. The van der Waals surface area contributed by atoms with Crippen LogP contribution in [0.25, 0.3) is 0 Å². The van der Waals surface area contributed by atoms with Crippen LogP contribution in [0.4, 0.5) is 11.5 Å². The Bertz CT molecular complexity index is 653. The van der Waals surface area contributed by atoms with Crippen molar-refractivity contribution < 1.29 is 9.72 Å². The number of nitro groups is 1. The standard InChI is InChI=1S/C11H9ClN4O3/c1-6-5-13-15-10(6)14-11(17)8-3-2-7(12)4-9(8)16(18)19/h2-5H,1H3,(H2,13,14,15,17). The summed E-state index contributed by atoms with van der Waals surface area (Å²) in [6.45, 7) is 1.75. The fourth-order valence-corrected chi connectivity index (χ4v) is 1.67. The van der Waals surface area contributed by atoms with E-state index in [0.717, 1.165) is 11.6 Å². The Labute approximate surface area is 112 Å². The highest BCUT2D eigenvalue weighted by Gasteiger charge is 2.21. The molecule has 1 aromatic heterocycles. The van der Waals surface area contributed by atoms with Gasteiger partial charge in [0.05, 0.1) is 11.1 Å². The highest BCUT2D eigenvalue weighted by Crippen LogP contribution is 2.24. The van der Waals surface area contributed by atoms with Gasteiger partial charge in [-0.15, -0.1) is 0 Å². The summed E-state index contributed by atoms with van der Waals surface area (Å²) in [6.07, 6.45) is 1.53. The predicted molar refractivity (Wildman–Crippen MR) is 69.4 cm³/mol. The van der Waals surface area contributed by atoms with Crippen molar-refractivity contribution in [1.82, 2.24) is 10.2 Å². The summed E-state index contributed by atoms with van der Waals surface area (Å²) in [7, 11) is 0. The minimum absolute atomic E-state index is 0.0663. The lowest BCUT2D eigenvalue weighted by molar-refractivity contribution is -0.385. The lowest BCUT2D eigenvalue weighted by atomic mass is 10.1. The van der Waals surface area contributed by atoms with E-state index in [1.54, 1.807) is 6.92 Å². The van der Waals surface area contributed by atoms with Gasteiger partial charge in [0, 0.05) is 16.7 Å². The topological polar surface area (TPSA) is 101 Å². The van der Waals surface area contributed by atoms with E-state index in [2.05, 4.69) is 15.5 Å². The van der Waals surface area contributed by atoms with Gasteiger partial charge in [-0.1, -0.05) is 11.6 Å². The number of amides is 1. The molecular weight excluding hydrogens is 272 g/mol. The van der Waals surface area contributed by atoms with E-state index < -0.39 is 10.8 Å². The van der Waals surface area contributed by atoms with Gasteiger partial charge in [-0.05, 0) is 19.1 Å². The fourth-order valence-electron chi connectivity index (χ4n) is 1.50. The van der Waals surface area contributed by atoms with E-state index in [9.17, 15) is 14.9 Å². The molecule has 0 aliphatic carbocycles. The number of hydrogen-bond donors (Lipinski definition) is 2. The number of carbonyl (C=O) groups is 1. The van der Waals surface area contributed by atoms with Gasteiger partial charge in [0.1, 0.15) is 11.4 Å². The first kappa shape index (κ1) is 13.0. The Kier molecular flexibility index (Phi) is 3.48. The van der Waals surface area contributed by atoms with E-state index in [0.29, 0.717) is 5.82 Å². The van der Waals surface area contributed by atoms with Crippen molar-refractivity contribution in [2.75, 3.05) is 5.32 Å². The normalized spacial score (nSPS) is 10.2. The number of halogens is 1. The average molecular weight is 281 g/mol. The number of nitro benzene ring substituents is 1. The molecule has 0 fully saturated rings. The number of benzene rings is 1. The van der Waals surface area contributed by atoms with E-state index in [1.165, 1.54) is 18.3 Å². The van der Waals surface area contributed by atoms with Gasteiger partial charge in [-0.3, -0.25) is 20.0 Å². The molecular formula is C11H9ClN4O3. The third-order valence-electron chi connectivity index (χ3n) is 2.47. The Morgan fingerprint density at radius 1 is 1.53 bits per heavy atom. The quantitative estimate of drug-likeness (QED) is 0.666. The molecule has 1 amide bonds. The Morgan fingerprint density at radius 2 is 2.26 bits per heavy atom. The van der Waals surface area contributed by atoms with Gasteiger partial charge in [0.2, 0.25) is 0 Å².